The van der Waals surface area contributed by atoms with Crippen LogP contribution in [0.3, 0.4) is 0 Å². The first kappa shape index (κ1) is 14.9. The van der Waals surface area contributed by atoms with Crippen LogP contribution in [0.5, 0.6) is 0 Å². The summed E-state index contributed by atoms with van der Waals surface area (Å²) in [6.45, 7) is 2.31. The minimum absolute atomic E-state index is 0.0921. The van der Waals surface area contributed by atoms with Crippen molar-refractivity contribution in [3.63, 3.8) is 0 Å². The van der Waals surface area contributed by atoms with Crippen molar-refractivity contribution in [2.45, 2.75) is 25.4 Å². The smallest absolute Gasteiger partial charge is 0.0648 e. The second-order valence-electron chi connectivity index (χ2n) is 4.04. The molecule has 5 heteroatoms. The highest BCUT2D eigenvalue weighted by atomic mass is 79.9. The van der Waals surface area contributed by atoms with Crippen LogP contribution >= 0.6 is 27.5 Å². The van der Waals surface area contributed by atoms with Crippen LogP contribution in [-0.2, 0) is 6.54 Å². The summed E-state index contributed by atoms with van der Waals surface area (Å²) in [5.41, 5.74) is 0.410. The van der Waals surface area contributed by atoms with Gasteiger partial charge in [0.15, 0.2) is 0 Å². The fraction of sp³-hybridized carbons (Fsp3) is 0.500. The Kier molecular flexibility index (Phi) is 5.89. The summed E-state index contributed by atoms with van der Waals surface area (Å²) in [6, 6.07) is 5.55. The normalized spacial score (nSPS) is 11.8. The van der Waals surface area contributed by atoms with Crippen LogP contribution in [0.15, 0.2) is 22.7 Å². The largest absolute Gasteiger partial charge is 0.394 e. The van der Waals surface area contributed by atoms with Crippen LogP contribution in [-0.4, -0.2) is 29.0 Å². The van der Waals surface area contributed by atoms with Gasteiger partial charge in [-0.3, -0.25) is 0 Å². The van der Waals surface area contributed by atoms with E-state index in [1.165, 1.54) is 0 Å². The lowest BCUT2D eigenvalue weighted by Crippen LogP contribution is -2.50. The first-order valence-corrected chi connectivity index (χ1v) is 6.64. The molecule has 0 heterocycles. The standard InChI is InChI=1S/C12H17BrClNO2/c1-2-12(7-16,8-17)15-6-9-3-4-10(14)5-11(9)13/h3-5,15-17H,2,6-8H2,1H3. The van der Waals surface area contributed by atoms with Crippen LogP contribution < -0.4 is 5.32 Å². The molecule has 96 valence electrons. The van der Waals surface area contributed by atoms with E-state index < -0.39 is 5.54 Å². The number of halogens is 2. The van der Waals surface area contributed by atoms with E-state index in [2.05, 4.69) is 21.2 Å². The predicted molar refractivity (Wildman–Crippen MR) is 73.2 cm³/mol. The van der Waals surface area contributed by atoms with Gasteiger partial charge in [-0.1, -0.05) is 40.5 Å². The van der Waals surface area contributed by atoms with Crippen molar-refractivity contribution in [3.8, 4) is 0 Å². The molecule has 17 heavy (non-hydrogen) atoms. The molecule has 0 bridgehead atoms. The summed E-state index contributed by atoms with van der Waals surface area (Å²) in [6.07, 6.45) is 0.658. The van der Waals surface area contributed by atoms with E-state index in [1.54, 1.807) is 0 Å². The van der Waals surface area contributed by atoms with E-state index in [4.69, 9.17) is 11.6 Å². The Labute approximate surface area is 115 Å². The van der Waals surface area contributed by atoms with Crippen molar-refractivity contribution in [1.82, 2.24) is 5.32 Å². The van der Waals surface area contributed by atoms with Crippen LogP contribution in [0.2, 0.25) is 5.02 Å². The van der Waals surface area contributed by atoms with Gasteiger partial charge in [-0.2, -0.15) is 0 Å². The van der Waals surface area contributed by atoms with Gasteiger partial charge in [0.2, 0.25) is 0 Å². The van der Waals surface area contributed by atoms with Gasteiger partial charge in [0.05, 0.1) is 18.8 Å². The maximum Gasteiger partial charge on any atom is 0.0648 e. The molecular weight excluding hydrogens is 305 g/mol. The molecule has 3 nitrogen and oxygen atoms in total. The quantitative estimate of drug-likeness (QED) is 0.753. The van der Waals surface area contributed by atoms with Crippen molar-refractivity contribution < 1.29 is 10.2 Å². The number of hydrogen-bond acceptors (Lipinski definition) is 3. The molecule has 0 spiro atoms. The predicted octanol–water partition coefficient (Wildman–Crippen LogP) is 2.33. The lowest BCUT2D eigenvalue weighted by molar-refractivity contribution is 0.0863. The Bertz CT molecular complexity index is 361. The summed E-state index contributed by atoms with van der Waals surface area (Å²) >= 11 is 9.29. The molecular formula is C12H17BrClNO2. The minimum Gasteiger partial charge on any atom is -0.394 e. The van der Waals surface area contributed by atoms with Gasteiger partial charge >= 0.3 is 0 Å². The molecule has 0 saturated carbocycles. The van der Waals surface area contributed by atoms with E-state index >= 15 is 0 Å². The Morgan fingerprint density at radius 2 is 2.00 bits per heavy atom. The van der Waals surface area contributed by atoms with E-state index in [9.17, 15) is 10.2 Å². The Morgan fingerprint density at radius 3 is 2.47 bits per heavy atom. The Balaban J connectivity index is 2.72. The molecule has 0 saturated heterocycles. The SMILES string of the molecule is CCC(CO)(CO)NCc1ccc(Cl)cc1Br. The number of aliphatic hydroxyl groups excluding tert-OH is 2. The second-order valence-corrected chi connectivity index (χ2v) is 5.33. The van der Waals surface area contributed by atoms with Crippen molar-refractivity contribution in [2.75, 3.05) is 13.2 Å². The highest BCUT2D eigenvalue weighted by Gasteiger charge is 2.25. The molecule has 0 fully saturated rings. The number of hydrogen-bond donors (Lipinski definition) is 3. The molecule has 3 N–H and O–H groups in total. The topological polar surface area (TPSA) is 52.5 Å². The lowest BCUT2D eigenvalue weighted by atomic mass is 9.98. The van der Waals surface area contributed by atoms with Gasteiger partial charge in [-0.05, 0) is 24.1 Å². The van der Waals surface area contributed by atoms with Gasteiger partial charge in [0.25, 0.3) is 0 Å². The van der Waals surface area contributed by atoms with Crippen LogP contribution in [0.25, 0.3) is 0 Å². The molecule has 0 aliphatic heterocycles. The maximum absolute atomic E-state index is 9.31. The molecule has 0 aliphatic rings. The molecule has 0 amide bonds. The summed E-state index contributed by atoms with van der Waals surface area (Å²) in [5, 5.41) is 22.5. The van der Waals surface area contributed by atoms with Gasteiger partial charge in [-0.25, -0.2) is 0 Å². The van der Waals surface area contributed by atoms with Gasteiger partial charge in [0.1, 0.15) is 0 Å². The van der Waals surface area contributed by atoms with Crippen LogP contribution in [0.1, 0.15) is 18.9 Å². The summed E-state index contributed by atoms with van der Waals surface area (Å²) in [4.78, 5) is 0. The molecule has 0 aliphatic carbocycles. The van der Waals surface area contributed by atoms with Crippen molar-refractivity contribution in [3.05, 3.63) is 33.3 Å². The number of nitrogens with one attached hydrogen (secondary N) is 1. The highest BCUT2D eigenvalue weighted by Crippen LogP contribution is 2.22. The minimum atomic E-state index is -0.626. The number of rotatable bonds is 6. The fourth-order valence-corrected chi connectivity index (χ4v) is 2.28. The average Bonchev–Trinajstić information content (AvgIpc) is 2.33. The molecule has 1 aromatic rings. The Hall–Kier alpha value is -0.130. The molecule has 1 aromatic carbocycles. The highest BCUT2D eigenvalue weighted by molar-refractivity contribution is 9.10. The molecule has 0 unspecified atom stereocenters. The average molecular weight is 323 g/mol. The zero-order chi connectivity index (χ0) is 12.9. The van der Waals surface area contributed by atoms with Crippen molar-refractivity contribution in [1.29, 1.82) is 0 Å². The van der Waals surface area contributed by atoms with E-state index in [-0.39, 0.29) is 13.2 Å². The maximum atomic E-state index is 9.31. The molecule has 0 radical (unpaired) electrons. The van der Waals surface area contributed by atoms with Crippen molar-refractivity contribution in [2.24, 2.45) is 0 Å². The third kappa shape index (κ3) is 3.93. The van der Waals surface area contributed by atoms with E-state index in [0.717, 1.165) is 10.0 Å². The summed E-state index contributed by atoms with van der Waals surface area (Å²) in [7, 11) is 0. The monoisotopic (exact) mass is 321 g/mol. The number of benzene rings is 1. The zero-order valence-electron chi connectivity index (χ0n) is 9.71. The van der Waals surface area contributed by atoms with Gasteiger partial charge < -0.3 is 15.5 Å². The van der Waals surface area contributed by atoms with Gasteiger partial charge in [0, 0.05) is 16.0 Å². The van der Waals surface area contributed by atoms with Gasteiger partial charge in [-0.15, -0.1) is 0 Å². The third-order valence-electron chi connectivity index (χ3n) is 2.95. The third-order valence-corrected chi connectivity index (χ3v) is 3.92. The van der Waals surface area contributed by atoms with Crippen LogP contribution in [0, 0.1) is 0 Å². The summed E-state index contributed by atoms with van der Waals surface area (Å²) < 4.78 is 0.915. The first-order valence-electron chi connectivity index (χ1n) is 5.47. The number of aliphatic hydroxyl groups is 2. The van der Waals surface area contributed by atoms with Crippen molar-refractivity contribution >= 4 is 27.5 Å². The Morgan fingerprint density at radius 1 is 1.35 bits per heavy atom. The van der Waals surface area contributed by atoms with Crippen LogP contribution in [0.4, 0.5) is 0 Å². The first-order chi connectivity index (χ1) is 8.06. The second kappa shape index (κ2) is 6.71. The van der Waals surface area contributed by atoms with E-state index in [0.29, 0.717) is 18.0 Å². The summed E-state index contributed by atoms with van der Waals surface area (Å²) in [5.74, 6) is 0. The molecule has 1 rings (SSSR count). The lowest BCUT2D eigenvalue weighted by Gasteiger charge is -2.30. The molecule has 0 atom stereocenters. The van der Waals surface area contributed by atoms with E-state index in [1.807, 2.05) is 25.1 Å². The fourth-order valence-electron chi connectivity index (χ4n) is 1.46. The molecule has 0 aromatic heterocycles. The zero-order valence-corrected chi connectivity index (χ0v) is 12.1.